The van der Waals surface area contributed by atoms with E-state index in [1.165, 1.54) is 13.1 Å². The molecule has 1 aliphatic heterocycles. The van der Waals surface area contributed by atoms with Gasteiger partial charge in [0.2, 0.25) is 0 Å². The van der Waals surface area contributed by atoms with Crippen molar-refractivity contribution in [3.63, 3.8) is 0 Å². The van der Waals surface area contributed by atoms with Crippen LogP contribution in [0, 0.1) is 0 Å². The van der Waals surface area contributed by atoms with E-state index in [2.05, 4.69) is 46.1 Å². The van der Waals surface area contributed by atoms with Gasteiger partial charge in [-0.15, -0.1) is 0 Å². The monoisotopic (exact) mass is 262 g/mol. The zero-order valence-electron chi connectivity index (χ0n) is 8.39. The van der Waals surface area contributed by atoms with Gasteiger partial charge in [-0.3, -0.25) is 0 Å². The van der Waals surface area contributed by atoms with Crippen LogP contribution in [-0.2, 0) is 0 Å². The summed E-state index contributed by atoms with van der Waals surface area (Å²) in [5, 5.41) is 0. The third-order valence-electron chi connectivity index (χ3n) is 1.20. The molecule has 0 aromatic rings. The molecular formula is C7H19BN2Sn. The summed E-state index contributed by atoms with van der Waals surface area (Å²) in [7, 11) is 6.28. The predicted molar refractivity (Wildman–Crippen MR) is 54.4 cm³/mol. The summed E-state index contributed by atoms with van der Waals surface area (Å²) in [5.41, 5.74) is 0. The standard InChI is InChI=1S/C4H10BN2.3CH3.Sn/c1-6-3-4-7(2)5-6;;;;/h3-4H2,1-2H3;3*1H3;. The van der Waals surface area contributed by atoms with E-state index in [-0.39, 0.29) is 0 Å². The first-order valence-corrected chi connectivity index (χ1v) is 12.6. The fourth-order valence-corrected chi connectivity index (χ4v) is 0.767. The Morgan fingerprint density at radius 2 is 1.27 bits per heavy atom. The summed E-state index contributed by atoms with van der Waals surface area (Å²) in [5.74, 6) is 0. The topological polar surface area (TPSA) is 6.48 Å². The van der Waals surface area contributed by atoms with E-state index in [9.17, 15) is 0 Å². The van der Waals surface area contributed by atoms with Crippen LogP contribution in [0.2, 0.25) is 14.8 Å². The van der Waals surface area contributed by atoms with Gasteiger partial charge < -0.3 is 9.62 Å². The molecule has 64 valence electrons. The van der Waals surface area contributed by atoms with E-state index >= 15 is 0 Å². The Labute approximate surface area is 79.0 Å². The van der Waals surface area contributed by atoms with Gasteiger partial charge in [0, 0.05) is 0 Å². The van der Waals surface area contributed by atoms with Crippen LogP contribution < -0.4 is 0 Å². The number of likely N-dealkylation sites (N-methyl/N-ethyl adjacent to an activating group) is 2. The summed E-state index contributed by atoms with van der Waals surface area (Å²) in [6, 6.07) is 0. The Morgan fingerprint density at radius 1 is 1.00 bits per heavy atom. The van der Waals surface area contributed by atoms with E-state index in [1.807, 2.05) is 0 Å². The predicted octanol–water partition coefficient (Wildman–Crippen LogP) is 0.768. The first-order valence-electron chi connectivity index (χ1n) is 4.04. The van der Waals surface area contributed by atoms with Gasteiger partial charge in [-0.25, -0.2) is 0 Å². The van der Waals surface area contributed by atoms with Gasteiger partial charge in [-0.05, 0) is 27.2 Å². The molecule has 11 heavy (non-hydrogen) atoms. The van der Waals surface area contributed by atoms with Gasteiger partial charge in [0.15, 0.2) is 0 Å². The number of hydrogen-bond donors (Lipinski definition) is 0. The van der Waals surface area contributed by atoms with Crippen molar-refractivity contribution in [3.8, 4) is 0 Å². The Kier molecular flexibility index (Phi) is 6.77. The summed E-state index contributed by atoms with van der Waals surface area (Å²) in [6.45, 7) is 2.35. The molecule has 2 radical (unpaired) electrons. The maximum absolute atomic E-state index is 2.36. The molecule has 4 heteroatoms. The van der Waals surface area contributed by atoms with Crippen molar-refractivity contribution in [1.82, 2.24) is 9.62 Å². The number of nitrogens with zero attached hydrogens (tertiary/aromatic N) is 2. The first-order chi connectivity index (χ1) is 5.02. The van der Waals surface area contributed by atoms with Crippen LogP contribution in [-0.4, -0.2) is 64.1 Å². The Morgan fingerprint density at radius 3 is 1.36 bits per heavy atom. The Hall–Kier alpha value is 0.784. The van der Waals surface area contributed by atoms with Crippen molar-refractivity contribution in [3.05, 3.63) is 0 Å². The van der Waals surface area contributed by atoms with Crippen LogP contribution in [0.4, 0.5) is 0 Å². The van der Waals surface area contributed by atoms with Gasteiger partial charge >= 0.3 is 42.1 Å². The van der Waals surface area contributed by atoms with Gasteiger partial charge in [-0.1, -0.05) is 0 Å². The van der Waals surface area contributed by atoms with E-state index < -0.39 is 19.8 Å². The molecule has 1 fully saturated rings. The Balaban J connectivity index is 0.000000218. The second-order valence-corrected chi connectivity index (χ2v) is 12.1. The van der Waals surface area contributed by atoms with Crippen LogP contribution >= 0.6 is 0 Å². The number of hydrogen-bond acceptors (Lipinski definition) is 2. The molecule has 0 aromatic carbocycles. The molecule has 0 aromatic heterocycles. The summed E-state index contributed by atoms with van der Waals surface area (Å²) >= 11 is -0.543. The van der Waals surface area contributed by atoms with Crippen molar-refractivity contribution in [2.24, 2.45) is 0 Å². The molecule has 0 aliphatic carbocycles. The Bertz CT molecular complexity index is 89.7. The van der Waals surface area contributed by atoms with Crippen LogP contribution in [0.25, 0.3) is 0 Å². The van der Waals surface area contributed by atoms with E-state index in [1.54, 1.807) is 0 Å². The molecule has 2 nitrogen and oxygen atoms in total. The summed E-state index contributed by atoms with van der Waals surface area (Å²) in [4.78, 5) is 11.5. The van der Waals surface area contributed by atoms with Crippen LogP contribution in [0.15, 0.2) is 0 Å². The molecule has 0 N–H and O–H groups in total. The SMILES string of the molecule is CN1[B]N(C)CC1.[CH3][Sn]([CH3])[CH3]. The fourth-order valence-electron chi connectivity index (χ4n) is 0.767. The average molecular weight is 261 g/mol. The van der Waals surface area contributed by atoms with Crippen molar-refractivity contribution in [2.45, 2.75) is 14.8 Å². The zero-order valence-corrected chi connectivity index (χ0v) is 11.2. The molecule has 1 rings (SSSR count). The van der Waals surface area contributed by atoms with E-state index in [4.69, 9.17) is 0 Å². The second-order valence-electron chi connectivity index (χ2n) is 3.58. The molecule has 0 bridgehead atoms. The normalized spacial score (nSPS) is 19.5. The van der Waals surface area contributed by atoms with Gasteiger partial charge in [0.25, 0.3) is 0 Å². The molecular weight excluding hydrogens is 242 g/mol. The minimum absolute atomic E-state index is 0.543. The number of rotatable bonds is 0. The third-order valence-corrected chi connectivity index (χ3v) is 1.20. The maximum atomic E-state index is 2.36. The van der Waals surface area contributed by atoms with Crippen LogP contribution in [0.1, 0.15) is 0 Å². The molecule has 1 heterocycles. The van der Waals surface area contributed by atoms with Crippen LogP contribution in [0.5, 0.6) is 0 Å². The molecule has 0 saturated carbocycles. The molecule has 0 amide bonds. The third kappa shape index (κ3) is 8.69. The van der Waals surface area contributed by atoms with Crippen molar-refractivity contribution >= 4 is 27.3 Å². The summed E-state index contributed by atoms with van der Waals surface area (Å²) in [6.07, 6.45) is 0. The van der Waals surface area contributed by atoms with Crippen molar-refractivity contribution in [1.29, 1.82) is 0 Å². The minimum atomic E-state index is -0.543. The second kappa shape index (κ2) is 6.32. The van der Waals surface area contributed by atoms with Gasteiger partial charge in [-0.2, -0.15) is 0 Å². The molecule has 0 spiro atoms. The zero-order chi connectivity index (χ0) is 8.85. The van der Waals surface area contributed by atoms with Gasteiger partial charge in [0.05, 0.1) is 0 Å². The average Bonchev–Trinajstić information content (AvgIpc) is 2.13. The summed E-state index contributed by atoms with van der Waals surface area (Å²) < 4.78 is 0. The molecule has 1 aliphatic rings. The molecule has 0 unspecified atom stereocenters. The first kappa shape index (κ1) is 11.8. The molecule has 0 atom stereocenters. The quantitative estimate of drug-likeness (QED) is 0.594. The van der Waals surface area contributed by atoms with Crippen molar-refractivity contribution < 1.29 is 0 Å². The van der Waals surface area contributed by atoms with E-state index in [0.717, 1.165) is 0 Å². The van der Waals surface area contributed by atoms with E-state index in [0.29, 0.717) is 0 Å². The fraction of sp³-hybridized carbons (Fsp3) is 1.00. The van der Waals surface area contributed by atoms with Crippen molar-refractivity contribution in [2.75, 3.05) is 27.2 Å². The molecule has 1 saturated heterocycles. The van der Waals surface area contributed by atoms with Gasteiger partial charge in [0.1, 0.15) is 0 Å². The van der Waals surface area contributed by atoms with Crippen LogP contribution in [0.3, 0.4) is 0 Å².